The van der Waals surface area contributed by atoms with Gasteiger partial charge in [-0.1, -0.05) is 0 Å². The smallest absolute Gasteiger partial charge is 0.263 e. The molecule has 12 heavy (non-hydrogen) atoms. The van der Waals surface area contributed by atoms with Gasteiger partial charge in [-0.25, -0.2) is 0 Å². The van der Waals surface area contributed by atoms with E-state index in [0.29, 0.717) is 5.57 Å². The Balaban J connectivity index is 3.01. The van der Waals surface area contributed by atoms with E-state index in [9.17, 15) is 9.90 Å². The second-order valence-electron chi connectivity index (χ2n) is 2.73. The van der Waals surface area contributed by atoms with Crippen LogP contribution in [-0.4, -0.2) is 37.0 Å². The number of aliphatic hydroxyl groups is 1. The summed E-state index contributed by atoms with van der Waals surface area (Å²) in [7, 11) is 2.66. The first kappa shape index (κ1) is 9.38. The third kappa shape index (κ3) is 0.998. The number of hydrogen-bond acceptors (Lipinski definition) is 4. The standard InChI is InChI=1S/C8H12O4/c1-5-4-6(9)8(11-2,12-3)7(5)10/h4,7,10H,1-3H3/t7-/m1/s1. The molecule has 1 N–H and O–H groups in total. The highest BCUT2D eigenvalue weighted by molar-refractivity contribution is 6.00. The normalized spacial score (nSPS) is 27.5. The van der Waals surface area contributed by atoms with E-state index >= 15 is 0 Å². The van der Waals surface area contributed by atoms with E-state index in [0.717, 1.165) is 0 Å². The van der Waals surface area contributed by atoms with Gasteiger partial charge < -0.3 is 14.6 Å². The maximum atomic E-state index is 11.3. The average Bonchev–Trinajstić information content (AvgIpc) is 2.26. The summed E-state index contributed by atoms with van der Waals surface area (Å²) in [5, 5.41) is 9.54. The molecule has 1 aliphatic carbocycles. The van der Waals surface area contributed by atoms with Gasteiger partial charge in [0.1, 0.15) is 6.10 Å². The third-order valence-corrected chi connectivity index (χ3v) is 2.10. The van der Waals surface area contributed by atoms with Crippen LogP contribution in [0.5, 0.6) is 0 Å². The molecule has 0 bridgehead atoms. The Morgan fingerprint density at radius 1 is 1.50 bits per heavy atom. The summed E-state index contributed by atoms with van der Waals surface area (Å²) in [6, 6.07) is 0. The van der Waals surface area contributed by atoms with Gasteiger partial charge in [-0.05, 0) is 18.6 Å². The number of hydrogen-bond donors (Lipinski definition) is 1. The molecule has 0 unspecified atom stereocenters. The lowest BCUT2D eigenvalue weighted by Crippen LogP contribution is -2.48. The molecule has 0 saturated carbocycles. The predicted octanol–water partition coefficient (Wildman–Crippen LogP) is -0.135. The fraction of sp³-hybridized carbons (Fsp3) is 0.625. The number of methoxy groups -OCH3 is 2. The average molecular weight is 172 g/mol. The quantitative estimate of drug-likeness (QED) is 0.589. The maximum Gasteiger partial charge on any atom is 0.263 e. The molecule has 0 radical (unpaired) electrons. The minimum absolute atomic E-state index is 0.350. The fourth-order valence-corrected chi connectivity index (χ4v) is 1.33. The molecule has 0 heterocycles. The van der Waals surface area contributed by atoms with Crippen LogP contribution in [-0.2, 0) is 14.3 Å². The highest BCUT2D eigenvalue weighted by Gasteiger charge is 2.50. The summed E-state index contributed by atoms with van der Waals surface area (Å²) in [6.07, 6.45) is 0.331. The first-order valence-electron chi connectivity index (χ1n) is 3.59. The Labute approximate surface area is 70.8 Å². The van der Waals surface area contributed by atoms with Crippen LogP contribution in [0.1, 0.15) is 6.92 Å². The van der Waals surface area contributed by atoms with Crippen molar-refractivity contribution in [3.05, 3.63) is 11.6 Å². The Hall–Kier alpha value is -0.710. The lowest BCUT2D eigenvalue weighted by Gasteiger charge is -2.28. The molecular weight excluding hydrogens is 160 g/mol. The van der Waals surface area contributed by atoms with Crippen molar-refractivity contribution in [2.45, 2.75) is 18.8 Å². The van der Waals surface area contributed by atoms with Crippen LogP contribution in [0, 0.1) is 0 Å². The van der Waals surface area contributed by atoms with Crippen molar-refractivity contribution in [2.75, 3.05) is 14.2 Å². The Kier molecular flexibility index (Phi) is 2.32. The summed E-state index contributed by atoms with van der Waals surface area (Å²) in [5.74, 6) is -1.86. The van der Waals surface area contributed by atoms with Crippen LogP contribution in [0.2, 0.25) is 0 Å². The monoisotopic (exact) mass is 172 g/mol. The zero-order chi connectivity index (χ0) is 9.35. The lowest BCUT2D eigenvalue weighted by molar-refractivity contribution is -0.230. The zero-order valence-electron chi connectivity index (χ0n) is 7.33. The van der Waals surface area contributed by atoms with Crippen LogP contribution in [0.15, 0.2) is 11.6 Å². The highest BCUT2D eigenvalue weighted by atomic mass is 16.7. The van der Waals surface area contributed by atoms with E-state index in [1.807, 2.05) is 0 Å². The number of carbonyl (C=O) groups excluding carboxylic acids is 1. The van der Waals surface area contributed by atoms with Gasteiger partial charge in [-0.15, -0.1) is 0 Å². The van der Waals surface area contributed by atoms with Crippen molar-refractivity contribution >= 4 is 5.78 Å². The van der Waals surface area contributed by atoms with Crippen molar-refractivity contribution in [3.63, 3.8) is 0 Å². The molecule has 0 aromatic rings. The molecule has 0 amide bonds. The van der Waals surface area contributed by atoms with Crippen LogP contribution in [0.4, 0.5) is 0 Å². The molecule has 0 saturated heterocycles. The molecular formula is C8H12O4. The van der Waals surface area contributed by atoms with E-state index in [1.54, 1.807) is 6.92 Å². The molecule has 0 spiro atoms. The molecule has 0 fully saturated rings. The first-order chi connectivity index (χ1) is 5.58. The maximum absolute atomic E-state index is 11.3. The van der Waals surface area contributed by atoms with Crippen molar-refractivity contribution in [1.82, 2.24) is 0 Å². The molecule has 4 heteroatoms. The van der Waals surface area contributed by atoms with Gasteiger partial charge in [0, 0.05) is 14.2 Å². The summed E-state index contributed by atoms with van der Waals surface area (Å²) < 4.78 is 9.74. The van der Waals surface area contributed by atoms with E-state index in [-0.39, 0.29) is 5.78 Å². The number of ether oxygens (including phenoxy) is 2. The second kappa shape index (κ2) is 2.97. The van der Waals surface area contributed by atoms with Crippen molar-refractivity contribution in [1.29, 1.82) is 0 Å². The van der Waals surface area contributed by atoms with E-state index in [4.69, 9.17) is 9.47 Å². The molecule has 1 aliphatic rings. The van der Waals surface area contributed by atoms with Crippen molar-refractivity contribution < 1.29 is 19.4 Å². The minimum Gasteiger partial charge on any atom is -0.383 e. The Bertz CT molecular complexity index is 227. The van der Waals surface area contributed by atoms with Gasteiger partial charge in [0.2, 0.25) is 5.78 Å². The Morgan fingerprint density at radius 3 is 2.17 bits per heavy atom. The molecule has 0 aliphatic heterocycles. The molecule has 68 valence electrons. The van der Waals surface area contributed by atoms with Gasteiger partial charge in [-0.3, -0.25) is 4.79 Å². The fourth-order valence-electron chi connectivity index (χ4n) is 1.33. The summed E-state index contributed by atoms with van der Waals surface area (Å²) in [5.41, 5.74) is 0.559. The van der Waals surface area contributed by atoms with Crippen molar-refractivity contribution in [3.8, 4) is 0 Å². The van der Waals surface area contributed by atoms with Crippen LogP contribution < -0.4 is 0 Å². The van der Waals surface area contributed by atoms with E-state index in [1.165, 1.54) is 20.3 Å². The lowest BCUT2D eigenvalue weighted by atomic mass is 10.1. The van der Waals surface area contributed by atoms with E-state index in [2.05, 4.69) is 0 Å². The van der Waals surface area contributed by atoms with Gasteiger partial charge in [-0.2, -0.15) is 0 Å². The zero-order valence-corrected chi connectivity index (χ0v) is 7.33. The van der Waals surface area contributed by atoms with E-state index < -0.39 is 11.9 Å². The number of carbonyl (C=O) groups is 1. The van der Waals surface area contributed by atoms with Crippen LogP contribution in [0.25, 0.3) is 0 Å². The molecule has 0 aromatic heterocycles. The number of ketones is 1. The second-order valence-corrected chi connectivity index (χ2v) is 2.73. The Morgan fingerprint density at radius 2 is 2.00 bits per heavy atom. The van der Waals surface area contributed by atoms with Gasteiger partial charge in [0.15, 0.2) is 0 Å². The van der Waals surface area contributed by atoms with Gasteiger partial charge in [0.25, 0.3) is 5.79 Å². The molecule has 1 atom stereocenters. The predicted molar refractivity (Wildman–Crippen MR) is 41.5 cm³/mol. The molecule has 1 rings (SSSR count). The molecule has 4 nitrogen and oxygen atoms in total. The number of aliphatic hydroxyl groups excluding tert-OH is 1. The minimum atomic E-state index is -1.51. The van der Waals surface area contributed by atoms with Gasteiger partial charge >= 0.3 is 0 Å². The SMILES string of the molecule is COC1(OC)C(=O)C=C(C)[C@H]1O. The van der Waals surface area contributed by atoms with Gasteiger partial charge in [0.05, 0.1) is 0 Å². The first-order valence-corrected chi connectivity index (χ1v) is 3.59. The third-order valence-electron chi connectivity index (χ3n) is 2.10. The van der Waals surface area contributed by atoms with Crippen molar-refractivity contribution in [2.24, 2.45) is 0 Å². The summed E-state index contributed by atoms with van der Waals surface area (Å²) >= 11 is 0. The highest BCUT2D eigenvalue weighted by Crippen LogP contribution is 2.30. The summed E-state index contributed by atoms with van der Waals surface area (Å²) in [4.78, 5) is 11.3. The topological polar surface area (TPSA) is 55.8 Å². The largest absolute Gasteiger partial charge is 0.383 e. The number of rotatable bonds is 2. The summed E-state index contributed by atoms with van der Waals surface area (Å²) in [6.45, 7) is 1.66. The van der Waals surface area contributed by atoms with Crippen LogP contribution in [0.3, 0.4) is 0 Å². The molecule has 0 aromatic carbocycles. The van der Waals surface area contributed by atoms with Crippen LogP contribution >= 0.6 is 0 Å².